The second kappa shape index (κ2) is 5.82. The lowest BCUT2D eigenvalue weighted by Gasteiger charge is -2.31. The molecule has 1 unspecified atom stereocenters. The van der Waals surface area contributed by atoms with E-state index in [1.165, 1.54) is 31.2 Å². The zero-order valence-electron chi connectivity index (χ0n) is 10.9. The minimum Gasteiger partial charge on any atom is -0.342 e. The van der Waals surface area contributed by atoms with Crippen LogP contribution in [-0.2, 0) is 9.59 Å². The van der Waals surface area contributed by atoms with Crippen LogP contribution in [0.15, 0.2) is 24.3 Å². The summed E-state index contributed by atoms with van der Waals surface area (Å²) in [6.45, 7) is 2.69. The molecule has 1 aliphatic rings. The topological polar surface area (TPSA) is 49.4 Å². The van der Waals surface area contributed by atoms with Crippen LogP contribution >= 0.6 is 0 Å². The maximum Gasteiger partial charge on any atom is 0.229 e. The van der Waals surface area contributed by atoms with Crippen LogP contribution in [0.25, 0.3) is 0 Å². The van der Waals surface area contributed by atoms with Gasteiger partial charge in [-0.1, -0.05) is 0 Å². The Bertz CT molecular complexity index is 473. The van der Waals surface area contributed by atoms with Gasteiger partial charge in [-0.05, 0) is 37.1 Å². The van der Waals surface area contributed by atoms with Gasteiger partial charge >= 0.3 is 0 Å². The van der Waals surface area contributed by atoms with Crippen molar-refractivity contribution in [3.8, 4) is 0 Å². The number of likely N-dealkylation sites (tertiary alicyclic amines) is 1. The monoisotopic (exact) mass is 264 g/mol. The quantitative estimate of drug-likeness (QED) is 0.888. The predicted octanol–water partition coefficient (Wildman–Crippen LogP) is 2.02. The average Bonchev–Trinajstić information content (AvgIpc) is 2.41. The Morgan fingerprint density at radius 1 is 1.32 bits per heavy atom. The summed E-state index contributed by atoms with van der Waals surface area (Å²) in [5, 5.41) is 2.75. The third-order valence-corrected chi connectivity index (χ3v) is 3.35. The van der Waals surface area contributed by atoms with Gasteiger partial charge in [0.1, 0.15) is 5.82 Å². The van der Waals surface area contributed by atoms with Crippen LogP contribution in [0.3, 0.4) is 0 Å². The zero-order chi connectivity index (χ0) is 13.8. The third kappa shape index (κ3) is 3.53. The molecule has 1 N–H and O–H groups in total. The van der Waals surface area contributed by atoms with Crippen LogP contribution in [0, 0.1) is 11.7 Å². The molecule has 102 valence electrons. The molecule has 19 heavy (non-hydrogen) atoms. The molecule has 1 atom stereocenters. The highest BCUT2D eigenvalue weighted by Gasteiger charge is 2.26. The Morgan fingerprint density at radius 2 is 2.00 bits per heavy atom. The van der Waals surface area contributed by atoms with E-state index >= 15 is 0 Å². The van der Waals surface area contributed by atoms with Crippen LogP contribution in [0.1, 0.15) is 19.8 Å². The lowest BCUT2D eigenvalue weighted by molar-refractivity contribution is -0.132. The molecule has 4 nitrogen and oxygen atoms in total. The molecule has 0 saturated carbocycles. The second-order valence-electron chi connectivity index (χ2n) is 4.80. The summed E-state index contributed by atoms with van der Waals surface area (Å²) in [6, 6.07) is 5.66. The van der Waals surface area contributed by atoms with Gasteiger partial charge in [-0.15, -0.1) is 0 Å². The number of carbonyl (C=O) groups excluding carboxylic acids is 2. The molecule has 0 radical (unpaired) electrons. The van der Waals surface area contributed by atoms with Crippen molar-refractivity contribution in [3.63, 3.8) is 0 Å². The van der Waals surface area contributed by atoms with E-state index in [1.807, 2.05) is 0 Å². The predicted molar refractivity (Wildman–Crippen MR) is 70.0 cm³/mol. The summed E-state index contributed by atoms with van der Waals surface area (Å²) in [5.41, 5.74) is 0.575. The first kappa shape index (κ1) is 13.5. The van der Waals surface area contributed by atoms with Gasteiger partial charge in [-0.25, -0.2) is 4.39 Å². The number of hydrogen-bond acceptors (Lipinski definition) is 2. The molecular weight excluding hydrogens is 247 g/mol. The van der Waals surface area contributed by atoms with Crippen molar-refractivity contribution >= 4 is 17.5 Å². The molecule has 2 amide bonds. The fraction of sp³-hybridized carbons (Fsp3) is 0.429. The lowest BCUT2D eigenvalue weighted by atomic mass is 9.97. The number of nitrogens with zero attached hydrogens (tertiary/aromatic N) is 1. The minimum absolute atomic E-state index is 0.000665. The molecule has 1 heterocycles. The molecule has 1 saturated heterocycles. The first-order chi connectivity index (χ1) is 9.06. The van der Waals surface area contributed by atoms with E-state index in [4.69, 9.17) is 0 Å². The zero-order valence-corrected chi connectivity index (χ0v) is 10.9. The Balaban J connectivity index is 1.96. The molecule has 1 aromatic rings. The summed E-state index contributed by atoms with van der Waals surface area (Å²) in [6.07, 6.45) is 1.61. The van der Waals surface area contributed by atoms with E-state index in [1.54, 1.807) is 4.90 Å². The largest absolute Gasteiger partial charge is 0.342 e. The highest BCUT2D eigenvalue weighted by Crippen LogP contribution is 2.19. The fourth-order valence-corrected chi connectivity index (χ4v) is 2.25. The molecule has 2 rings (SSSR count). The van der Waals surface area contributed by atoms with E-state index in [0.29, 0.717) is 12.2 Å². The summed E-state index contributed by atoms with van der Waals surface area (Å²) < 4.78 is 12.8. The smallest absolute Gasteiger partial charge is 0.229 e. The van der Waals surface area contributed by atoms with E-state index in [0.717, 1.165) is 19.4 Å². The number of piperidine rings is 1. The van der Waals surface area contributed by atoms with E-state index in [-0.39, 0.29) is 23.5 Å². The van der Waals surface area contributed by atoms with Crippen LogP contribution in [0.4, 0.5) is 10.1 Å². The van der Waals surface area contributed by atoms with Gasteiger partial charge in [-0.3, -0.25) is 9.59 Å². The first-order valence-corrected chi connectivity index (χ1v) is 6.38. The van der Waals surface area contributed by atoms with Crippen LogP contribution in [-0.4, -0.2) is 29.8 Å². The van der Waals surface area contributed by atoms with Crippen LogP contribution < -0.4 is 5.32 Å². The first-order valence-electron chi connectivity index (χ1n) is 6.38. The van der Waals surface area contributed by atoms with Crippen molar-refractivity contribution in [3.05, 3.63) is 30.1 Å². The molecule has 5 heteroatoms. The molecule has 1 aliphatic heterocycles. The Kier molecular flexibility index (Phi) is 4.14. The summed E-state index contributed by atoms with van der Waals surface area (Å²) in [4.78, 5) is 25.1. The molecular formula is C14H17FN2O2. The van der Waals surface area contributed by atoms with E-state index in [9.17, 15) is 14.0 Å². The highest BCUT2D eigenvalue weighted by molar-refractivity contribution is 5.93. The summed E-state index contributed by atoms with van der Waals surface area (Å²) in [7, 11) is 0. The van der Waals surface area contributed by atoms with Crippen molar-refractivity contribution in [1.29, 1.82) is 0 Å². The van der Waals surface area contributed by atoms with Crippen LogP contribution in [0.2, 0.25) is 0 Å². The molecule has 1 aromatic carbocycles. The number of benzene rings is 1. The minimum atomic E-state index is -0.335. The number of rotatable bonds is 2. The molecule has 0 spiro atoms. The van der Waals surface area contributed by atoms with Gasteiger partial charge in [0.15, 0.2) is 0 Å². The van der Waals surface area contributed by atoms with Crippen molar-refractivity contribution < 1.29 is 14.0 Å². The Hall–Kier alpha value is -1.91. The number of nitrogens with one attached hydrogen (secondary N) is 1. The Labute approximate surface area is 111 Å². The Morgan fingerprint density at radius 3 is 2.63 bits per heavy atom. The van der Waals surface area contributed by atoms with Crippen LogP contribution in [0.5, 0.6) is 0 Å². The normalized spacial score (nSPS) is 19.1. The van der Waals surface area contributed by atoms with E-state index < -0.39 is 0 Å². The van der Waals surface area contributed by atoms with Crippen molar-refractivity contribution in [1.82, 2.24) is 4.90 Å². The number of anilines is 1. The van der Waals surface area contributed by atoms with Crippen molar-refractivity contribution in [2.45, 2.75) is 19.8 Å². The standard InChI is InChI=1S/C14H17FN2O2/c1-10(18)17-8-2-3-11(9-17)14(19)16-13-6-4-12(15)5-7-13/h4-7,11H,2-3,8-9H2,1H3,(H,16,19). The number of halogens is 1. The maximum atomic E-state index is 12.8. The number of carbonyl (C=O) groups is 2. The maximum absolute atomic E-state index is 12.8. The lowest BCUT2D eigenvalue weighted by Crippen LogP contribution is -2.42. The van der Waals surface area contributed by atoms with E-state index in [2.05, 4.69) is 5.32 Å². The van der Waals surface area contributed by atoms with Gasteiger partial charge in [0.05, 0.1) is 5.92 Å². The van der Waals surface area contributed by atoms with Crippen molar-refractivity contribution in [2.24, 2.45) is 5.92 Å². The second-order valence-corrected chi connectivity index (χ2v) is 4.80. The van der Waals surface area contributed by atoms with Gasteiger partial charge in [0.25, 0.3) is 0 Å². The molecule has 0 bridgehead atoms. The third-order valence-electron chi connectivity index (χ3n) is 3.35. The highest BCUT2D eigenvalue weighted by atomic mass is 19.1. The summed E-state index contributed by atoms with van der Waals surface area (Å²) in [5.74, 6) is -0.641. The molecule has 0 aliphatic carbocycles. The molecule has 0 aromatic heterocycles. The summed E-state index contributed by atoms with van der Waals surface area (Å²) >= 11 is 0. The van der Waals surface area contributed by atoms with Gasteiger partial charge in [-0.2, -0.15) is 0 Å². The average molecular weight is 264 g/mol. The van der Waals surface area contributed by atoms with Gasteiger partial charge in [0, 0.05) is 25.7 Å². The number of hydrogen-bond donors (Lipinski definition) is 1. The molecule has 1 fully saturated rings. The fourth-order valence-electron chi connectivity index (χ4n) is 2.25. The number of amides is 2. The SMILES string of the molecule is CC(=O)N1CCCC(C(=O)Nc2ccc(F)cc2)C1. The van der Waals surface area contributed by atoms with Crippen molar-refractivity contribution in [2.75, 3.05) is 18.4 Å². The van der Waals surface area contributed by atoms with Gasteiger partial charge in [0.2, 0.25) is 11.8 Å². The van der Waals surface area contributed by atoms with Gasteiger partial charge < -0.3 is 10.2 Å².